The summed E-state index contributed by atoms with van der Waals surface area (Å²) in [5.74, 6) is -0.796. The van der Waals surface area contributed by atoms with Crippen LogP contribution in [0.2, 0.25) is 0 Å². The van der Waals surface area contributed by atoms with Crippen molar-refractivity contribution in [2.45, 2.75) is 6.42 Å². The molecule has 0 radical (unpaired) electrons. The number of likely N-dealkylation sites (tertiary alicyclic amines) is 1. The Morgan fingerprint density at radius 3 is 2.90 bits per heavy atom. The van der Waals surface area contributed by atoms with Crippen LogP contribution in [0.15, 0.2) is 36.5 Å². The number of allylic oxidation sites excluding steroid dienone is 1. The first-order chi connectivity index (χ1) is 14.9. The Morgan fingerprint density at radius 1 is 1.32 bits per heavy atom. The van der Waals surface area contributed by atoms with E-state index in [2.05, 4.69) is 16.0 Å². The number of fused-ring (bicyclic) bond motifs is 2. The third kappa shape index (κ3) is 3.46. The second kappa shape index (κ2) is 7.46. The van der Waals surface area contributed by atoms with E-state index in [1.807, 2.05) is 11.0 Å². The Morgan fingerprint density at radius 2 is 2.16 bits per heavy atom. The molecule has 3 heterocycles. The minimum atomic E-state index is -0.812. The first-order valence-corrected chi connectivity index (χ1v) is 10.1. The van der Waals surface area contributed by atoms with Crippen molar-refractivity contribution in [2.24, 2.45) is 11.8 Å². The first kappa shape index (κ1) is 19.7. The number of rotatable bonds is 5. The highest BCUT2D eigenvalue weighted by atomic mass is 19.1. The van der Waals surface area contributed by atoms with E-state index in [1.165, 1.54) is 25.3 Å². The largest absolute Gasteiger partial charge is 0.496 e. The Bertz CT molecular complexity index is 1220. The minimum absolute atomic E-state index is 0.0601. The zero-order valence-electron chi connectivity index (χ0n) is 16.9. The maximum absolute atomic E-state index is 14.9. The summed E-state index contributed by atoms with van der Waals surface area (Å²) < 4.78 is 34.1. The summed E-state index contributed by atoms with van der Waals surface area (Å²) in [4.78, 5) is 20.4. The zero-order chi connectivity index (χ0) is 21.7. The highest BCUT2D eigenvalue weighted by Crippen LogP contribution is 2.43. The van der Waals surface area contributed by atoms with Gasteiger partial charge >= 0.3 is 5.97 Å². The number of halogens is 2. The summed E-state index contributed by atoms with van der Waals surface area (Å²) in [5, 5.41) is 9.57. The van der Waals surface area contributed by atoms with Crippen LogP contribution in [-0.4, -0.2) is 52.7 Å². The number of pyridine rings is 1. The van der Waals surface area contributed by atoms with Gasteiger partial charge in [-0.15, -0.1) is 0 Å². The van der Waals surface area contributed by atoms with Crippen LogP contribution < -0.4 is 4.74 Å². The van der Waals surface area contributed by atoms with Crippen molar-refractivity contribution >= 4 is 22.6 Å². The number of benzene rings is 1. The number of carboxylic acid groups (broad SMARTS) is 1. The van der Waals surface area contributed by atoms with Gasteiger partial charge in [-0.2, -0.15) is 0 Å². The number of carbonyl (C=O) groups is 1. The molecule has 0 saturated carbocycles. The molecule has 2 unspecified atom stereocenters. The van der Waals surface area contributed by atoms with Gasteiger partial charge < -0.3 is 14.8 Å². The number of nitrogens with zero attached hydrogens (tertiary/aromatic N) is 2. The quantitative estimate of drug-likeness (QED) is 0.648. The Balaban J connectivity index is 1.52. The molecule has 5 rings (SSSR count). The average Bonchev–Trinajstić information content (AvgIpc) is 3.40. The maximum Gasteiger partial charge on any atom is 0.317 e. The fourth-order valence-electron chi connectivity index (χ4n) is 4.90. The number of aliphatic carboxylic acids is 1. The smallest absolute Gasteiger partial charge is 0.317 e. The molecule has 31 heavy (non-hydrogen) atoms. The summed E-state index contributed by atoms with van der Waals surface area (Å²) in [7, 11) is 1.46. The molecule has 160 valence electrons. The van der Waals surface area contributed by atoms with Gasteiger partial charge in [-0.25, -0.2) is 13.8 Å². The van der Waals surface area contributed by atoms with Gasteiger partial charge in [0.05, 0.1) is 19.9 Å². The molecule has 0 spiro atoms. The van der Waals surface area contributed by atoms with Crippen molar-refractivity contribution in [2.75, 3.05) is 26.7 Å². The lowest BCUT2D eigenvalue weighted by atomic mass is 9.99. The summed E-state index contributed by atoms with van der Waals surface area (Å²) in [5.41, 5.74) is 3.06. The highest BCUT2D eigenvalue weighted by molar-refractivity contribution is 5.97. The molecule has 3 aromatic rings. The molecule has 1 fully saturated rings. The number of methoxy groups -OCH3 is 1. The lowest BCUT2D eigenvalue weighted by molar-refractivity contribution is -0.138. The molecule has 0 amide bonds. The predicted octanol–water partition coefficient (Wildman–Crippen LogP) is 3.94. The van der Waals surface area contributed by atoms with Crippen LogP contribution in [0.5, 0.6) is 5.75 Å². The molecule has 1 saturated heterocycles. The van der Waals surface area contributed by atoms with Gasteiger partial charge in [0, 0.05) is 35.3 Å². The van der Waals surface area contributed by atoms with Gasteiger partial charge in [0.25, 0.3) is 0 Å². The van der Waals surface area contributed by atoms with Crippen LogP contribution in [0.3, 0.4) is 0 Å². The number of hydrogen-bond acceptors (Lipinski definition) is 4. The Labute approximate surface area is 177 Å². The lowest BCUT2D eigenvalue weighted by Gasteiger charge is -2.13. The van der Waals surface area contributed by atoms with Crippen molar-refractivity contribution in [1.82, 2.24) is 14.9 Å². The topological polar surface area (TPSA) is 78.5 Å². The van der Waals surface area contributed by atoms with Crippen LogP contribution in [0, 0.1) is 23.5 Å². The Kier molecular flexibility index (Phi) is 4.74. The highest BCUT2D eigenvalue weighted by Gasteiger charge is 2.37. The number of carboxylic acids is 1. The standard InChI is InChI=1S/C23H21F2N3O3/c1-31-20-3-2-15(24)6-16(20)22-17-7-19(27-23(17)26-8-18(22)25)12-4-13-9-28(11-21(29)30)10-14(13)5-12/h2-4,6-8,13-14H,5,9-11H2,1H3,(H,26,27)(H,29,30). The van der Waals surface area contributed by atoms with Gasteiger partial charge in [-0.3, -0.25) is 9.69 Å². The number of hydrogen-bond donors (Lipinski definition) is 2. The van der Waals surface area contributed by atoms with Crippen molar-refractivity contribution in [3.05, 3.63) is 53.9 Å². The minimum Gasteiger partial charge on any atom is -0.496 e. The van der Waals surface area contributed by atoms with Gasteiger partial charge in [0.1, 0.15) is 23.0 Å². The summed E-state index contributed by atoms with van der Waals surface area (Å²) in [6.07, 6.45) is 4.12. The summed E-state index contributed by atoms with van der Waals surface area (Å²) in [6.45, 7) is 1.53. The molecule has 2 aromatic heterocycles. The predicted molar refractivity (Wildman–Crippen MR) is 112 cm³/mol. The first-order valence-electron chi connectivity index (χ1n) is 10.1. The lowest BCUT2D eigenvalue weighted by Crippen LogP contribution is -2.28. The monoisotopic (exact) mass is 425 g/mol. The maximum atomic E-state index is 14.9. The number of aromatic nitrogens is 2. The van der Waals surface area contributed by atoms with E-state index < -0.39 is 17.6 Å². The summed E-state index contributed by atoms with van der Waals surface area (Å²) in [6, 6.07) is 5.87. The third-order valence-electron chi connectivity index (χ3n) is 6.21. The van der Waals surface area contributed by atoms with E-state index in [9.17, 15) is 13.6 Å². The number of ether oxygens (including phenoxy) is 1. The van der Waals surface area contributed by atoms with Crippen molar-refractivity contribution in [3.63, 3.8) is 0 Å². The molecular formula is C23H21F2N3O3. The second-order valence-corrected chi connectivity index (χ2v) is 8.18. The SMILES string of the molecule is COc1ccc(F)cc1-c1c(F)cnc2[nH]c(C3=CC4CN(CC(=O)O)CC4C3)cc12. The number of nitrogens with one attached hydrogen (secondary N) is 1. The van der Waals surface area contributed by atoms with E-state index >= 15 is 0 Å². The third-order valence-corrected chi connectivity index (χ3v) is 6.21. The van der Waals surface area contributed by atoms with Crippen molar-refractivity contribution in [3.8, 4) is 16.9 Å². The molecule has 1 aliphatic carbocycles. The molecule has 6 nitrogen and oxygen atoms in total. The van der Waals surface area contributed by atoms with Crippen LogP contribution in [0.25, 0.3) is 27.7 Å². The van der Waals surface area contributed by atoms with Crippen LogP contribution in [-0.2, 0) is 4.79 Å². The molecule has 0 bridgehead atoms. The number of aromatic amines is 1. The van der Waals surface area contributed by atoms with Crippen LogP contribution in [0.1, 0.15) is 12.1 Å². The van der Waals surface area contributed by atoms with Crippen molar-refractivity contribution < 1.29 is 23.4 Å². The number of H-pyrrole nitrogens is 1. The average molecular weight is 425 g/mol. The fraction of sp³-hybridized carbons (Fsp3) is 0.304. The molecule has 2 N–H and O–H groups in total. The normalized spacial score (nSPS) is 20.8. The van der Waals surface area contributed by atoms with E-state index in [1.54, 1.807) is 0 Å². The molecule has 8 heteroatoms. The molecular weight excluding hydrogens is 404 g/mol. The van der Waals surface area contributed by atoms with E-state index in [4.69, 9.17) is 9.84 Å². The molecule has 1 aromatic carbocycles. The van der Waals surface area contributed by atoms with Gasteiger partial charge in [-0.05, 0) is 48.1 Å². The summed E-state index contributed by atoms with van der Waals surface area (Å²) >= 11 is 0. The molecule has 1 aliphatic heterocycles. The van der Waals surface area contributed by atoms with E-state index in [-0.39, 0.29) is 12.1 Å². The molecule has 2 atom stereocenters. The van der Waals surface area contributed by atoms with Crippen molar-refractivity contribution in [1.29, 1.82) is 0 Å². The van der Waals surface area contributed by atoms with E-state index in [0.717, 1.165) is 37.0 Å². The van der Waals surface area contributed by atoms with Crippen LogP contribution >= 0.6 is 0 Å². The van der Waals surface area contributed by atoms with Gasteiger partial charge in [0.2, 0.25) is 0 Å². The molecule has 2 aliphatic rings. The van der Waals surface area contributed by atoms with Gasteiger partial charge in [0.15, 0.2) is 0 Å². The van der Waals surface area contributed by atoms with Crippen LogP contribution in [0.4, 0.5) is 8.78 Å². The Hall–Kier alpha value is -3.26. The zero-order valence-corrected chi connectivity index (χ0v) is 16.9. The van der Waals surface area contributed by atoms with Gasteiger partial charge in [-0.1, -0.05) is 6.08 Å². The second-order valence-electron chi connectivity index (χ2n) is 8.18. The van der Waals surface area contributed by atoms with E-state index in [0.29, 0.717) is 34.2 Å². The fourth-order valence-corrected chi connectivity index (χ4v) is 4.90.